The highest BCUT2D eigenvalue weighted by molar-refractivity contribution is 7.94. The summed E-state index contributed by atoms with van der Waals surface area (Å²) in [5.74, 6) is 0. The zero-order chi connectivity index (χ0) is 18.2. The molecule has 25 heavy (non-hydrogen) atoms. The molecule has 1 fully saturated rings. The minimum absolute atomic E-state index is 0.0383. The minimum Gasteiger partial charge on any atom is -0.279 e. The quantitative estimate of drug-likeness (QED) is 0.768. The molecule has 1 aromatic heterocycles. The van der Waals surface area contributed by atoms with Gasteiger partial charge in [-0.25, -0.2) is 16.8 Å². The van der Waals surface area contributed by atoms with Crippen LogP contribution in [0.1, 0.15) is 12.8 Å². The first-order valence-electron chi connectivity index (χ1n) is 7.28. The fourth-order valence-corrected chi connectivity index (χ4v) is 7.03. The Hall–Kier alpha value is -0.840. The predicted molar refractivity (Wildman–Crippen MR) is 99.6 cm³/mol. The van der Waals surface area contributed by atoms with Gasteiger partial charge in [-0.15, -0.1) is 11.3 Å². The molecular weight excluding hydrogens is 427 g/mol. The zero-order valence-corrected chi connectivity index (χ0v) is 16.7. The Morgan fingerprint density at radius 2 is 1.68 bits per heavy atom. The summed E-state index contributed by atoms with van der Waals surface area (Å²) < 4.78 is 54.2. The van der Waals surface area contributed by atoms with Crippen LogP contribution in [0, 0.1) is 0 Å². The fraction of sp³-hybridized carbons (Fsp3) is 0.286. The second kappa shape index (κ2) is 7.05. The maximum atomic E-state index is 12.7. The third-order valence-electron chi connectivity index (χ3n) is 3.68. The van der Waals surface area contributed by atoms with Gasteiger partial charge in [0.1, 0.15) is 9.10 Å². The van der Waals surface area contributed by atoms with Crippen molar-refractivity contribution in [2.24, 2.45) is 0 Å². The summed E-state index contributed by atoms with van der Waals surface area (Å²) in [4.78, 5) is -0.111. The van der Waals surface area contributed by atoms with Crippen molar-refractivity contribution in [2.75, 3.05) is 17.8 Å². The van der Waals surface area contributed by atoms with Crippen molar-refractivity contribution in [3.63, 3.8) is 0 Å². The number of halogens is 2. The van der Waals surface area contributed by atoms with E-state index in [0.717, 1.165) is 24.2 Å². The van der Waals surface area contributed by atoms with E-state index in [0.29, 0.717) is 17.4 Å². The van der Waals surface area contributed by atoms with Crippen molar-refractivity contribution >= 4 is 60.3 Å². The van der Waals surface area contributed by atoms with Crippen LogP contribution >= 0.6 is 34.5 Å². The number of rotatable bonds is 5. The van der Waals surface area contributed by atoms with E-state index in [1.807, 2.05) is 0 Å². The van der Waals surface area contributed by atoms with E-state index < -0.39 is 20.0 Å². The highest BCUT2D eigenvalue weighted by atomic mass is 35.5. The first kappa shape index (κ1) is 18.9. The van der Waals surface area contributed by atoms with Gasteiger partial charge in [0.05, 0.1) is 15.0 Å². The van der Waals surface area contributed by atoms with Gasteiger partial charge in [0, 0.05) is 13.1 Å². The highest BCUT2D eigenvalue weighted by Gasteiger charge is 2.29. The van der Waals surface area contributed by atoms with Crippen molar-refractivity contribution < 1.29 is 16.8 Å². The molecule has 0 unspecified atom stereocenters. The molecule has 0 bridgehead atoms. The number of sulfonamides is 2. The third kappa shape index (κ3) is 3.96. The third-order valence-corrected chi connectivity index (χ3v) is 9.16. The van der Waals surface area contributed by atoms with E-state index >= 15 is 0 Å². The number of nitrogens with one attached hydrogen (secondary N) is 1. The molecule has 1 aliphatic heterocycles. The average molecular weight is 441 g/mol. The number of nitrogens with zero attached hydrogens (tertiary/aromatic N) is 1. The van der Waals surface area contributed by atoms with Crippen LogP contribution in [0.3, 0.4) is 0 Å². The molecule has 2 aromatic rings. The topological polar surface area (TPSA) is 83.5 Å². The smallest absolute Gasteiger partial charge is 0.271 e. The van der Waals surface area contributed by atoms with E-state index in [-0.39, 0.29) is 19.8 Å². The van der Waals surface area contributed by atoms with Crippen molar-refractivity contribution in [2.45, 2.75) is 21.9 Å². The summed E-state index contributed by atoms with van der Waals surface area (Å²) in [5, 5.41) is 0.0500. The maximum absolute atomic E-state index is 12.7. The van der Waals surface area contributed by atoms with Crippen molar-refractivity contribution in [3.05, 3.63) is 39.7 Å². The summed E-state index contributed by atoms with van der Waals surface area (Å²) >= 11 is 12.7. The molecule has 0 aliphatic carbocycles. The second-order valence-corrected chi connectivity index (χ2v) is 11.4. The molecule has 1 N–H and O–H groups in total. The van der Waals surface area contributed by atoms with Crippen molar-refractivity contribution in [1.29, 1.82) is 0 Å². The van der Waals surface area contributed by atoms with Gasteiger partial charge in [-0.2, -0.15) is 4.31 Å². The van der Waals surface area contributed by atoms with Crippen LogP contribution in [0.25, 0.3) is 0 Å². The fourth-order valence-electron chi connectivity index (χ4n) is 2.48. The number of hydrogen-bond donors (Lipinski definition) is 1. The lowest BCUT2D eigenvalue weighted by Crippen LogP contribution is -2.28. The molecule has 0 amide bonds. The zero-order valence-electron chi connectivity index (χ0n) is 12.8. The Balaban J connectivity index is 1.94. The van der Waals surface area contributed by atoms with E-state index in [4.69, 9.17) is 23.2 Å². The summed E-state index contributed by atoms with van der Waals surface area (Å²) in [6, 6.07) is 6.88. The summed E-state index contributed by atoms with van der Waals surface area (Å²) in [5.41, 5.74) is 0.117. The molecule has 1 saturated heterocycles. The number of benzene rings is 1. The highest BCUT2D eigenvalue weighted by Crippen LogP contribution is 2.32. The first-order chi connectivity index (χ1) is 11.7. The summed E-state index contributed by atoms with van der Waals surface area (Å²) in [6.07, 6.45) is 1.59. The molecule has 1 aliphatic rings. The normalized spacial score (nSPS) is 16.2. The van der Waals surface area contributed by atoms with Crippen LogP contribution in [-0.4, -0.2) is 34.2 Å². The monoisotopic (exact) mass is 440 g/mol. The lowest BCUT2D eigenvalue weighted by atomic mass is 10.3. The van der Waals surface area contributed by atoms with Gasteiger partial charge in [0.2, 0.25) is 10.0 Å². The van der Waals surface area contributed by atoms with E-state index in [1.54, 1.807) is 0 Å². The van der Waals surface area contributed by atoms with Crippen molar-refractivity contribution in [1.82, 2.24) is 4.31 Å². The Labute approximate surface area is 160 Å². The molecule has 136 valence electrons. The van der Waals surface area contributed by atoms with E-state index in [1.165, 1.54) is 34.6 Å². The predicted octanol–water partition coefficient (Wildman–Crippen LogP) is 3.64. The Kier molecular flexibility index (Phi) is 5.34. The lowest BCUT2D eigenvalue weighted by Gasteiger charge is -2.17. The Morgan fingerprint density at radius 3 is 2.28 bits per heavy atom. The van der Waals surface area contributed by atoms with Gasteiger partial charge >= 0.3 is 0 Å². The summed E-state index contributed by atoms with van der Waals surface area (Å²) in [6.45, 7) is 0.866. The molecule has 0 saturated carbocycles. The van der Waals surface area contributed by atoms with Crippen LogP contribution in [0.2, 0.25) is 9.36 Å². The van der Waals surface area contributed by atoms with E-state index in [9.17, 15) is 16.8 Å². The molecule has 1 aromatic carbocycles. The lowest BCUT2D eigenvalue weighted by molar-refractivity contribution is 0.477. The standard InChI is InChI=1S/C14H14Cl2N2O4S3/c15-11-4-3-10(17-24(19,20)14-6-5-13(16)23-14)9-12(11)25(21,22)18-7-1-2-8-18/h3-6,9,17H,1-2,7-8H2. The van der Waals surface area contributed by atoms with Crippen LogP contribution in [-0.2, 0) is 20.0 Å². The van der Waals surface area contributed by atoms with Crippen LogP contribution in [0.15, 0.2) is 39.4 Å². The number of hydrogen-bond acceptors (Lipinski definition) is 5. The van der Waals surface area contributed by atoms with Crippen LogP contribution < -0.4 is 4.72 Å². The van der Waals surface area contributed by atoms with Gasteiger partial charge in [-0.05, 0) is 43.2 Å². The van der Waals surface area contributed by atoms with Crippen LogP contribution in [0.4, 0.5) is 5.69 Å². The molecule has 0 radical (unpaired) electrons. The Bertz CT molecular complexity index is 997. The maximum Gasteiger partial charge on any atom is 0.271 e. The molecule has 0 spiro atoms. The van der Waals surface area contributed by atoms with Gasteiger partial charge < -0.3 is 0 Å². The summed E-state index contributed by atoms with van der Waals surface area (Å²) in [7, 11) is -7.61. The molecular formula is C14H14Cl2N2O4S3. The minimum atomic E-state index is -3.85. The van der Waals surface area contributed by atoms with Gasteiger partial charge in [-0.1, -0.05) is 23.2 Å². The molecule has 2 heterocycles. The van der Waals surface area contributed by atoms with Gasteiger partial charge in [0.25, 0.3) is 10.0 Å². The molecule has 11 heteroatoms. The van der Waals surface area contributed by atoms with Crippen LogP contribution in [0.5, 0.6) is 0 Å². The first-order valence-corrected chi connectivity index (χ1v) is 11.8. The number of anilines is 1. The molecule has 6 nitrogen and oxygen atoms in total. The Morgan fingerprint density at radius 1 is 1.00 bits per heavy atom. The van der Waals surface area contributed by atoms with Crippen molar-refractivity contribution in [3.8, 4) is 0 Å². The molecule has 3 rings (SSSR count). The molecule has 0 atom stereocenters. The second-order valence-electron chi connectivity index (χ2n) is 5.42. The number of thiophene rings is 1. The van der Waals surface area contributed by atoms with Gasteiger partial charge in [0.15, 0.2) is 0 Å². The van der Waals surface area contributed by atoms with E-state index in [2.05, 4.69) is 4.72 Å². The van der Waals surface area contributed by atoms with Gasteiger partial charge in [-0.3, -0.25) is 4.72 Å². The largest absolute Gasteiger partial charge is 0.279 e. The average Bonchev–Trinajstić information content (AvgIpc) is 3.20. The SMILES string of the molecule is O=S(=O)(Nc1ccc(Cl)c(S(=O)(=O)N2CCCC2)c1)c1ccc(Cl)s1.